The van der Waals surface area contributed by atoms with Gasteiger partial charge in [-0.15, -0.1) is 0 Å². The summed E-state index contributed by atoms with van der Waals surface area (Å²) in [5.74, 6) is -0.495. The van der Waals surface area contributed by atoms with E-state index >= 15 is 0 Å². The molecule has 0 spiro atoms. The van der Waals surface area contributed by atoms with Crippen LogP contribution >= 0.6 is 11.6 Å². The molecule has 1 aromatic carbocycles. The lowest BCUT2D eigenvalue weighted by atomic mass is 10.1. The van der Waals surface area contributed by atoms with Gasteiger partial charge in [-0.05, 0) is 24.3 Å². The van der Waals surface area contributed by atoms with Gasteiger partial charge in [-0.2, -0.15) is 5.10 Å². The van der Waals surface area contributed by atoms with Crippen LogP contribution in [0.1, 0.15) is 35.6 Å². The molecule has 0 unspecified atom stereocenters. The maximum Gasteiger partial charge on any atom is 0.255 e. The summed E-state index contributed by atoms with van der Waals surface area (Å²) in [7, 11) is 0. The number of fused-ring (bicyclic) bond motifs is 1. The van der Waals surface area contributed by atoms with Crippen molar-refractivity contribution in [3.63, 3.8) is 0 Å². The van der Waals surface area contributed by atoms with Crippen LogP contribution in [-0.2, 0) is 29.2 Å². The molecule has 142 valence electrons. The van der Waals surface area contributed by atoms with E-state index in [0.29, 0.717) is 37.4 Å². The highest BCUT2D eigenvalue weighted by Gasteiger charge is 2.24. The smallest absolute Gasteiger partial charge is 0.255 e. The van der Waals surface area contributed by atoms with Gasteiger partial charge in [0.15, 0.2) is 0 Å². The number of nitrogens with one attached hydrogen (secondary N) is 2. The summed E-state index contributed by atoms with van der Waals surface area (Å²) >= 11 is 6.25. The van der Waals surface area contributed by atoms with E-state index in [4.69, 9.17) is 11.6 Å². The molecule has 9 heteroatoms. The van der Waals surface area contributed by atoms with Gasteiger partial charge in [-0.1, -0.05) is 11.6 Å². The van der Waals surface area contributed by atoms with Crippen LogP contribution in [0, 0.1) is 0 Å². The van der Waals surface area contributed by atoms with Crippen molar-refractivity contribution in [1.82, 2.24) is 20.0 Å². The lowest BCUT2D eigenvalue weighted by molar-refractivity contribution is -0.119. The Labute approximate surface area is 161 Å². The summed E-state index contributed by atoms with van der Waals surface area (Å²) in [6.45, 7) is 4.72. The van der Waals surface area contributed by atoms with Crippen molar-refractivity contribution >= 4 is 35.0 Å². The van der Waals surface area contributed by atoms with Crippen LogP contribution < -0.4 is 10.6 Å². The molecule has 1 aliphatic rings. The third kappa shape index (κ3) is 4.46. The fourth-order valence-electron chi connectivity index (χ4n) is 2.94. The minimum atomic E-state index is -0.204. The van der Waals surface area contributed by atoms with Gasteiger partial charge >= 0.3 is 0 Å². The summed E-state index contributed by atoms with van der Waals surface area (Å²) in [5.41, 5.74) is 2.59. The first-order valence-corrected chi connectivity index (χ1v) is 8.87. The quantitative estimate of drug-likeness (QED) is 0.833. The van der Waals surface area contributed by atoms with Crippen LogP contribution in [0.4, 0.5) is 5.69 Å². The minimum absolute atomic E-state index is 0.116. The molecule has 3 rings (SSSR count). The van der Waals surface area contributed by atoms with E-state index in [9.17, 15) is 14.4 Å². The average molecular weight is 390 g/mol. The van der Waals surface area contributed by atoms with E-state index in [0.717, 1.165) is 11.4 Å². The van der Waals surface area contributed by atoms with Crippen LogP contribution in [0.3, 0.4) is 0 Å². The number of rotatable bonds is 4. The minimum Gasteiger partial charge on any atom is -0.351 e. The SMILES string of the molecule is CC(=O)NCc1cc2n(n1)CCN(C(=O)c1ccc(NC(C)=O)cc1Cl)C2. The molecule has 1 aliphatic heterocycles. The Hall–Kier alpha value is -2.87. The Morgan fingerprint density at radius 1 is 1.15 bits per heavy atom. The van der Waals surface area contributed by atoms with Crippen molar-refractivity contribution in [2.45, 2.75) is 33.5 Å². The van der Waals surface area contributed by atoms with Crippen LogP contribution in [0.15, 0.2) is 24.3 Å². The topological polar surface area (TPSA) is 96.3 Å². The molecule has 0 fully saturated rings. The zero-order valence-corrected chi connectivity index (χ0v) is 15.8. The first-order valence-electron chi connectivity index (χ1n) is 8.50. The van der Waals surface area contributed by atoms with E-state index in [1.807, 2.05) is 10.7 Å². The predicted molar refractivity (Wildman–Crippen MR) is 100 cm³/mol. The van der Waals surface area contributed by atoms with Gasteiger partial charge in [-0.25, -0.2) is 0 Å². The zero-order valence-electron chi connectivity index (χ0n) is 15.1. The van der Waals surface area contributed by atoms with Crippen molar-refractivity contribution in [2.24, 2.45) is 0 Å². The molecule has 2 heterocycles. The Morgan fingerprint density at radius 3 is 2.59 bits per heavy atom. The summed E-state index contributed by atoms with van der Waals surface area (Å²) in [6, 6.07) is 6.72. The summed E-state index contributed by atoms with van der Waals surface area (Å²) in [5, 5.41) is 10.1. The van der Waals surface area contributed by atoms with Crippen LogP contribution in [-0.4, -0.2) is 38.9 Å². The number of halogens is 1. The van der Waals surface area contributed by atoms with Crippen molar-refractivity contribution in [2.75, 3.05) is 11.9 Å². The molecule has 0 bridgehead atoms. The van der Waals surface area contributed by atoms with E-state index in [-0.39, 0.29) is 22.7 Å². The molecular formula is C18H20ClN5O3. The lowest BCUT2D eigenvalue weighted by Gasteiger charge is -2.28. The molecule has 1 aromatic heterocycles. The number of carbonyl (C=O) groups excluding carboxylic acids is 3. The standard InChI is InChI=1S/C18H20ClN5O3/c1-11(25)20-9-14-7-15-10-23(5-6-24(15)22-14)18(27)16-4-3-13(8-17(16)19)21-12(2)26/h3-4,7-8H,5-6,9-10H2,1-2H3,(H,20,25)(H,21,26). The highest BCUT2D eigenvalue weighted by Crippen LogP contribution is 2.24. The van der Waals surface area contributed by atoms with Gasteiger partial charge < -0.3 is 15.5 Å². The number of hydrogen-bond donors (Lipinski definition) is 2. The molecule has 0 saturated heterocycles. The van der Waals surface area contributed by atoms with Gasteiger partial charge in [0.05, 0.1) is 41.6 Å². The number of hydrogen-bond acceptors (Lipinski definition) is 4. The second-order valence-corrected chi connectivity index (χ2v) is 6.77. The van der Waals surface area contributed by atoms with E-state index in [1.165, 1.54) is 13.8 Å². The van der Waals surface area contributed by atoms with Crippen molar-refractivity contribution in [3.8, 4) is 0 Å². The van der Waals surface area contributed by atoms with Gasteiger partial charge in [0.1, 0.15) is 0 Å². The molecule has 0 aliphatic carbocycles. The maximum absolute atomic E-state index is 12.9. The predicted octanol–water partition coefficient (Wildman–Crippen LogP) is 1.79. The fourth-order valence-corrected chi connectivity index (χ4v) is 3.20. The summed E-state index contributed by atoms with van der Waals surface area (Å²) in [4.78, 5) is 36.7. The number of aromatic nitrogens is 2. The Bertz CT molecular complexity index is 908. The highest BCUT2D eigenvalue weighted by atomic mass is 35.5. The van der Waals surface area contributed by atoms with Gasteiger partial charge in [0.2, 0.25) is 11.8 Å². The van der Waals surface area contributed by atoms with Gasteiger partial charge in [-0.3, -0.25) is 19.1 Å². The summed E-state index contributed by atoms with van der Waals surface area (Å²) < 4.78 is 1.85. The number of carbonyl (C=O) groups is 3. The molecule has 3 amide bonds. The number of anilines is 1. The largest absolute Gasteiger partial charge is 0.351 e. The Kier molecular flexibility index (Phi) is 5.46. The molecule has 27 heavy (non-hydrogen) atoms. The maximum atomic E-state index is 12.9. The highest BCUT2D eigenvalue weighted by molar-refractivity contribution is 6.34. The van der Waals surface area contributed by atoms with Gasteiger partial charge in [0.25, 0.3) is 5.91 Å². The van der Waals surface area contributed by atoms with Crippen molar-refractivity contribution in [3.05, 3.63) is 46.2 Å². The molecule has 2 aromatic rings. The molecule has 0 atom stereocenters. The third-order valence-electron chi connectivity index (χ3n) is 4.17. The lowest BCUT2D eigenvalue weighted by Crippen LogP contribution is -2.38. The number of amides is 3. The van der Waals surface area contributed by atoms with Crippen molar-refractivity contribution < 1.29 is 14.4 Å². The normalized spacial score (nSPS) is 13.1. The average Bonchev–Trinajstić information content (AvgIpc) is 3.01. The third-order valence-corrected chi connectivity index (χ3v) is 4.49. The molecule has 2 N–H and O–H groups in total. The van der Waals surface area contributed by atoms with Gasteiger partial charge in [0, 0.05) is 26.1 Å². The zero-order chi connectivity index (χ0) is 19.6. The van der Waals surface area contributed by atoms with E-state index < -0.39 is 0 Å². The molecular weight excluding hydrogens is 370 g/mol. The molecule has 0 radical (unpaired) electrons. The first kappa shape index (κ1) is 18.9. The van der Waals surface area contributed by atoms with Crippen molar-refractivity contribution in [1.29, 1.82) is 0 Å². The van der Waals surface area contributed by atoms with E-state index in [1.54, 1.807) is 23.1 Å². The van der Waals surface area contributed by atoms with E-state index in [2.05, 4.69) is 15.7 Å². The second-order valence-electron chi connectivity index (χ2n) is 6.36. The number of nitrogens with zero attached hydrogens (tertiary/aromatic N) is 3. The summed E-state index contributed by atoms with van der Waals surface area (Å²) in [6.07, 6.45) is 0. The van der Waals surface area contributed by atoms with Crippen LogP contribution in [0.25, 0.3) is 0 Å². The first-order chi connectivity index (χ1) is 12.8. The van der Waals surface area contributed by atoms with Crippen LogP contribution in [0.2, 0.25) is 5.02 Å². The van der Waals surface area contributed by atoms with Crippen LogP contribution in [0.5, 0.6) is 0 Å². The number of benzene rings is 1. The molecule has 0 saturated carbocycles. The fraction of sp³-hybridized carbons (Fsp3) is 0.333. The molecule has 8 nitrogen and oxygen atoms in total. The monoisotopic (exact) mass is 389 g/mol. The second kappa shape index (κ2) is 7.79. The Balaban J connectivity index is 1.72. The Morgan fingerprint density at radius 2 is 1.93 bits per heavy atom.